The monoisotopic (exact) mass is 288 g/mol. The smallest absolute Gasteiger partial charge is 0.366 e. The lowest BCUT2D eigenvalue weighted by atomic mass is 10.1. The Hall–Kier alpha value is -1.23. The van der Waals surface area contributed by atoms with Gasteiger partial charge in [0.15, 0.2) is 0 Å². The molecule has 0 saturated heterocycles. The number of hydrogen-bond donors (Lipinski definition) is 1. The number of benzene rings is 1. The molecule has 114 valence electrons. The molecule has 1 rings (SSSR count). The highest BCUT2D eigenvalue weighted by Gasteiger charge is 2.29. The minimum absolute atomic E-state index is 0.577. The van der Waals surface area contributed by atoms with E-state index in [1.807, 2.05) is 19.1 Å². The van der Waals surface area contributed by atoms with Gasteiger partial charge in [0.1, 0.15) is 6.54 Å². The van der Waals surface area contributed by atoms with E-state index in [0.717, 1.165) is 24.2 Å². The van der Waals surface area contributed by atoms with E-state index in [9.17, 15) is 13.2 Å². The molecule has 0 fully saturated rings. The summed E-state index contributed by atoms with van der Waals surface area (Å²) in [5.74, 6) is 0.577. The average Bonchev–Trinajstić information content (AvgIpc) is 2.25. The van der Waals surface area contributed by atoms with Gasteiger partial charge in [-0.1, -0.05) is 26.0 Å². The molecule has 0 aromatic heterocycles. The first-order valence-electron chi connectivity index (χ1n) is 6.77. The summed E-state index contributed by atoms with van der Waals surface area (Å²) in [6.45, 7) is 6.84. The van der Waals surface area contributed by atoms with Crippen LogP contribution in [-0.4, -0.2) is 26.3 Å². The number of anilines is 1. The number of aryl methyl sites for hydroxylation is 1. The lowest BCUT2D eigenvalue weighted by Gasteiger charge is -2.23. The van der Waals surface area contributed by atoms with Gasteiger partial charge >= 0.3 is 6.18 Å². The largest absolute Gasteiger partial charge is 0.405 e. The maximum atomic E-state index is 12.4. The molecule has 0 heterocycles. The van der Waals surface area contributed by atoms with Crippen LogP contribution in [0.4, 0.5) is 18.9 Å². The van der Waals surface area contributed by atoms with Gasteiger partial charge in [0, 0.05) is 19.3 Å². The Morgan fingerprint density at radius 2 is 1.90 bits per heavy atom. The van der Waals surface area contributed by atoms with Gasteiger partial charge in [-0.25, -0.2) is 0 Å². The van der Waals surface area contributed by atoms with Gasteiger partial charge in [-0.2, -0.15) is 13.2 Å². The molecule has 0 spiro atoms. The minimum atomic E-state index is -4.18. The second-order valence-corrected chi connectivity index (χ2v) is 5.62. The lowest BCUT2D eigenvalue weighted by Crippen LogP contribution is -2.31. The molecule has 2 nitrogen and oxygen atoms in total. The minimum Gasteiger partial charge on any atom is -0.366 e. The van der Waals surface area contributed by atoms with Crippen molar-refractivity contribution >= 4 is 5.69 Å². The summed E-state index contributed by atoms with van der Waals surface area (Å²) in [6.07, 6.45) is -4.18. The number of rotatable bonds is 6. The number of hydrogen-bond acceptors (Lipinski definition) is 2. The topological polar surface area (TPSA) is 15.3 Å². The highest BCUT2D eigenvalue weighted by molar-refractivity contribution is 5.54. The molecule has 1 aromatic rings. The van der Waals surface area contributed by atoms with E-state index in [0.29, 0.717) is 11.6 Å². The first-order valence-corrected chi connectivity index (χ1v) is 6.77. The normalized spacial score (nSPS) is 12.0. The molecule has 0 bridgehead atoms. The van der Waals surface area contributed by atoms with Crippen LogP contribution in [-0.2, 0) is 6.54 Å². The molecule has 0 atom stereocenters. The van der Waals surface area contributed by atoms with Crippen LogP contribution in [0, 0.1) is 12.8 Å². The zero-order valence-corrected chi connectivity index (χ0v) is 12.5. The molecule has 0 amide bonds. The second kappa shape index (κ2) is 6.97. The Labute approximate surface area is 119 Å². The van der Waals surface area contributed by atoms with Crippen molar-refractivity contribution in [1.29, 1.82) is 0 Å². The zero-order chi connectivity index (χ0) is 15.3. The zero-order valence-electron chi connectivity index (χ0n) is 12.5. The highest BCUT2D eigenvalue weighted by Crippen LogP contribution is 2.24. The van der Waals surface area contributed by atoms with Gasteiger partial charge in [0.25, 0.3) is 0 Å². The summed E-state index contributed by atoms with van der Waals surface area (Å²) in [7, 11) is 1.46. The highest BCUT2D eigenvalue weighted by atomic mass is 19.4. The fraction of sp³-hybridized carbons (Fsp3) is 0.600. The third-order valence-electron chi connectivity index (χ3n) is 2.97. The summed E-state index contributed by atoms with van der Waals surface area (Å²) in [5, 5.41) is 3.32. The molecule has 0 aliphatic rings. The van der Waals surface area contributed by atoms with Crippen molar-refractivity contribution in [1.82, 2.24) is 5.32 Å². The third kappa shape index (κ3) is 5.82. The maximum Gasteiger partial charge on any atom is 0.405 e. The molecule has 0 aliphatic carbocycles. The lowest BCUT2D eigenvalue weighted by molar-refractivity contribution is -0.119. The molecule has 0 aliphatic heterocycles. The van der Waals surface area contributed by atoms with Gasteiger partial charge in [0.2, 0.25) is 0 Å². The summed E-state index contributed by atoms with van der Waals surface area (Å²) in [6, 6.07) is 5.57. The summed E-state index contributed by atoms with van der Waals surface area (Å²) in [4.78, 5) is 1.24. The van der Waals surface area contributed by atoms with E-state index >= 15 is 0 Å². The van der Waals surface area contributed by atoms with Crippen molar-refractivity contribution in [3.8, 4) is 0 Å². The fourth-order valence-corrected chi connectivity index (χ4v) is 2.12. The van der Waals surface area contributed by atoms with Crippen LogP contribution in [0.2, 0.25) is 0 Å². The van der Waals surface area contributed by atoms with Crippen LogP contribution in [0.15, 0.2) is 18.2 Å². The number of alkyl halides is 3. The molecular formula is C15H23F3N2. The van der Waals surface area contributed by atoms with Crippen LogP contribution in [0.1, 0.15) is 25.0 Å². The second-order valence-electron chi connectivity index (χ2n) is 5.62. The van der Waals surface area contributed by atoms with E-state index in [1.54, 1.807) is 6.07 Å². The van der Waals surface area contributed by atoms with E-state index in [2.05, 4.69) is 19.2 Å². The first-order chi connectivity index (χ1) is 9.19. The Morgan fingerprint density at radius 3 is 2.40 bits per heavy atom. The van der Waals surface area contributed by atoms with E-state index in [4.69, 9.17) is 0 Å². The maximum absolute atomic E-state index is 12.4. The molecule has 1 aromatic carbocycles. The van der Waals surface area contributed by atoms with E-state index in [1.165, 1.54) is 11.9 Å². The fourth-order valence-electron chi connectivity index (χ4n) is 2.12. The van der Waals surface area contributed by atoms with Crippen LogP contribution in [0.5, 0.6) is 0 Å². The molecule has 0 unspecified atom stereocenters. The van der Waals surface area contributed by atoms with Crippen LogP contribution < -0.4 is 10.2 Å². The Kier molecular flexibility index (Phi) is 5.87. The van der Waals surface area contributed by atoms with Crippen molar-refractivity contribution in [2.24, 2.45) is 5.92 Å². The summed E-state index contributed by atoms with van der Waals surface area (Å²) in [5.41, 5.74) is 2.57. The Morgan fingerprint density at radius 1 is 1.25 bits per heavy atom. The molecule has 0 saturated carbocycles. The molecule has 5 heteroatoms. The number of nitrogens with zero attached hydrogens (tertiary/aromatic N) is 1. The van der Waals surface area contributed by atoms with Gasteiger partial charge in [0.05, 0.1) is 0 Å². The third-order valence-corrected chi connectivity index (χ3v) is 2.97. The number of halogens is 3. The number of nitrogens with one attached hydrogen (secondary N) is 1. The first kappa shape index (κ1) is 16.8. The van der Waals surface area contributed by atoms with Crippen molar-refractivity contribution in [3.05, 3.63) is 29.3 Å². The van der Waals surface area contributed by atoms with Gasteiger partial charge in [-0.15, -0.1) is 0 Å². The van der Waals surface area contributed by atoms with Gasteiger partial charge < -0.3 is 10.2 Å². The predicted molar refractivity (Wildman–Crippen MR) is 77.0 cm³/mol. The van der Waals surface area contributed by atoms with Crippen LogP contribution in [0.3, 0.4) is 0 Å². The predicted octanol–water partition coefficient (Wildman–Crippen LogP) is 3.74. The van der Waals surface area contributed by atoms with E-state index in [-0.39, 0.29) is 0 Å². The molecule has 20 heavy (non-hydrogen) atoms. The summed E-state index contributed by atoms with van der Waals surface area (Å²) >= 11 is 0. The van der Waals surface area contributed by atoms with Crippen LogP contribution >= 0.6 is 0 Å². The quantitative estimate of drug-likeness (QED) is 0.858. The van der Waals surface area contributed by atoms with Crippen LogP contribution in [0.25, 0.3) is 0 Å². The Bertz CT molecular complexity index is 428. The van der Waals surface area contributed by atoms with Crippen molar-refractivity contribution in [3.63, 3.8) is 0 Å². The van der Waals surface area contributed by atoms with Gasteiger partial charge in [-0.05, 0) is 36.6 Å². The van der Waals surface area contributed by atoms with Gasteiger partial charge in [-0.3, -0.25) is 0 Å². The van der Waals surface area contributed by atoms with E-state index < -0.39 is 12.7 Å². The Balaban J connectivity index is 2.68. The SMILES string of the molecule is Cc1cc(CNCC(C)C)ccc1N(C)CC(F)(F)F. The average molecular weight is 288 g/mol. The standard InChI is InChI=1S/C15H23F3N2/c1-11(2)8-19-9-13-5-6-14(12(3)7-13)20(4)10-15(16,17)18/h5-7,11,19H,8-10H2,1-4H3. The molecule has 0 radical (unpaired) electrons. The summed E-state index contributed by atoms with van der Waals surface area (Å²) < 4.78 is 37.2. The van der Waals surface area contributed by atoms with Crippen molar-refractivity contribution in [2.45, 2.75) is 33.5 Å². The molecule has 1 N–H and O–H groups in total. The molecular weight excluding hydrogens is 265 g/mol. The van der Waals surface area contributed by atoms with Crippen molar-refractivity contribution < 1.29 is 13.2 Å². The van der Waals surface area contributed by atoms with Crippen molar-refractivity contribution in [2.75, 3.05) is 25.0 Å².